The lowest BCUT2D eigenvalue weighted by Crippen LogP contribution is -2.15. The fourth-order valence-corrected chi connectivity index (χ4v) is 4.25. The van der Waals surface area contributed by atoms with Crippen molar-refractivity contribution in [1.29, 1.82) is 0 Å². The molecule has 0 radical (unpaired) electrons. The summed E-state index contributed by atoms with van der Waals surface area (Å²) in [5.41, 5.74) is -0.743. The van der Waals surface area contributed by atoms with Crippen LogP contribution in [0, 0.1) is 0 Å². The normalized spacial score (nSPS) is 11.5. The Morgan fingerprint density at radius 1 is 0.742 bits per heavy atom. The summed E-state index contributed by atoms with van der Waals surface area (Å²) in [6, 6.07) is 0. The molecule has 0 aliphatic rings. The molecule has 0 aromatic carbocycles. The molecule has 1 N–H and O–H groups in total. The van der Waals surface area contributed by atoms with Crippen LogP contribution in [0.1, 0.15) is 11.4 Å². The summed E-state index contributed by atoms with van der Waals surface area (Å²) in [6.07, 6.45) is 0. The summed E-state index contributed by atoms with van der Waals surface area (Å²) >= 11 is 57.1. The van der Waals surface area contributed by atoms with Crippen LogP contribution in [-0.4, -0.2) is 31.3 Å². The van der Waals surface area contributed by atoms with Gasteiger partial charge in [0.1, 0.15) is 25.8 Å². The number of methoxy groups -OCH3 is 3. The van der Waals surface area contributed by atoms with Crippen LogP contribution in [-0.2, 0) is 7.59 Å². The lowest BCUT2D eigenvalue weighted by Gasteiger charge is -2.17. The lowest BCUT2D eigenvalue weighted by atomic mass is 10.3. The van der Waals surface area contributed by atoms with E-state index in [0.717, 1.165) is 0 Å². The second-order valence-corrected chi connectivity index (χ2v) is 11.2. The Balaban J connectivity index is 0.000000311. The number of halogens is 10. The highest BCUT2D eigenvalue weighted by Gasteiger charge is 2.33. The van der Waals surface area contributed by atoms with Crippen LogP contribution in [0.4, 0.5) is 0 Å². The third-order valence-electron chi connectivity index (χ3n) is 3.22. The minimum Gasteiger partial charge on any atom is -0.493 e. The van der Waals surface area contributed by atoms with Crippen molar-refractivity contribution in [3.05, 3.63) is 41.7 Å². The number of hydrogen-bond acceptors (Lipinski definition) is 5. The Labute approximate surface area is 226 Å². The van der Waals surface area contributed by atoms with E-state index < -0.39 is 13.0 Å². The number of aromatic nitrogens is 2. The van der Waals surface area contributed by atoms with Crippen molar-refractivity contribution in [1.82, 2.24) is 9.97 Å². The zero-order chi connectivity index (χ0) is 24.3. The molecule has 0 aliphatic carbocycles. The molecule has 2 rings (SSSR count). The predicted molar refractivity (Wildman–Crippen MR) is 129 cm³/mol. The van der Waals surface area contributed by atoms with Gasteiger partial charge in [-0.15, -0.1) is 0 Å². The van der Waals surface area contributed by atoms with Crippen LogP contribution < -0.4 is 19.6 Å². The first-order valence-electron chi connectivity index (χ1n) is 7.38. The molecule has 16 heteroatoms. The van der Waals surface area contributed by atoms with Crippen LogP contribution in [0.3, 0.4) is 0 Å². The first-order valence-corrected chi connectivity index (χ1v) is 11.2. The van der Waals surface area contributed by atoms with E-state index in [0.29, 0.717) is 0 Å². The second kappa shape index (κ2) is 11.7. The molecule has 0 saturated heterocycles. The Hall–Kier alpha value is 0.400. The predicted octanol–water partition coefficient (Wildman–Crippen LogP) is 7.75. The average molecular weight is 637 g/mol. The highest BCUT2D eigenvalue weighted by molar-refractivity contribution is 6.67. The molecule has 0 aliphatic heterocycles. The molecular formula is C15H10Cl10N2O4. The number of nitrogens with zero attached hydrogens (tertiary/aromatic N) is 1. The van der Waals surface area contributed by atoms with Crippen LogP contribution in [0.5, 0.6) is 17.5 Å². The monoisotopic (exact) mass is 632 g/mol. The summed E-state index contributed by atoms with van der Waals surface area (Å²) in [5.74, 6) is 0.216. The van der Waals surface area contributed by atoms with Crippen molar-refractivity contribution in [2.45, 2.75) is 7.59 Å². The number of rotatable bonds is 3. The van der Waals surface area contributed by atoms with E-state index in [2.05, 4.69) is 9.97 Å². The number of pyridine rings is 2. The van der Waals surface area contributed by atoms with Crippen molar-refractivity contribution in [3.8, 4) is 17.5 Å². The molecule has 2 aromatic rings. The van der Waals surface area contributed by atoms with E-state index in [1.807, 2.05) is 0 Å². The largest absolute Gasteiger partial charge is 0.493 e. The van der Waals surface area contributed by atoms with Gasteiger partial charge in [-0.25, -0.2) is 4.98 Å². The molecule has 31 heavy (non-hydrogen) atoms. The van der Waals surface area contributed by atoms with Gasteiger partial charge in [0.25, 0.3) is 0 Å². The third kappa shape index (κ3) is 7.19. The third-order valence-corrected chi connectivity index (χ3v) is 5.71. The highest BCUT2D eigenvalue weighted by atomic mass is 35.6. The van der Waals surface area contributed by atoms with Gasteiger partial charge in [-0.2, -0.15) is 0 Å². The van der Waals surface area contributed by atoms with Gasteiger partial charge in [-0.05, 0) is 0 Å². The summed E-state index contributed by atoms with van der Waals surface area (Å²) in [7, 11) is 4.08. The quantitative estimate of drug-likeness (QED) is 0.349. The molecule has 2 heterocycles. The number of ether oxygens (including phenoxy) is 3. The van der Waals surface area contributed by atoms with Gasteiger partial charge < -0.3 is 19.2 Å². The van der Waals surface area contributed by atoms with Crippen LogP contribution in [0.2, 0.25) is 20.1 Å². The minimum atomic E-state index is -1.85. The van der Waals surface area contributed by atoms with Crippen molar-refractivity contribution >= 4 is 116 Å². The van der Waals surface area contributed by atoms with Crippen LogP contribution >= 0.6 is 116 Å². The van der Waals surface area contributed by atoms with E-state index in [9.17, 15) is 4.79 Å². The molecule has 0 fully saturated rings. The van der Waals surface area contributed by atoms with Gasteiger partial charge in [-0.3, -0.25) is 4.79 Å². The molecule has 6 nitrogen and oxygen atoms in total. The van der Waals surface area contributed by atoms with Gasteiger partial charge >= 0.3 is 0 Å². The molecular weight excluding hydrogens is 627 g/mol. The smallest absolute Gasteiger partial charge is 0.236 e. The van der Waals surface area contributed by atoms with Crippen molar-refractivity contribution in [2.75, 3.05) is 21.3 Å². The molecule has 0 saturated carbocycles. The van der Waals surface area contributed by atoms with E-state index >= 15 is 0 Å². The summed E-state index contributed by atoms with van der Waals surface area (Å²) in [4.78, 5) is 17.9. The zero-order valence-corrected chi connectivity index (χ0v) is 22.9. The van der Waals surface area contributed by atoms with Gasteiger partial charge in [0.15, 0.2) is 5.75 Å². The Morgan fingerprint density at radius 2 is 1.29 bits per heavy atom. The summed E-state index contributed by atoms with van der Waals surface area (Å²) in [5, 5.41) is -0.317. The van der Waals surface area contributed by atoms with Gasteiger partial charge in [0.2, 0.25) is 24.8 Å². The van der Waals surface area contributed by atoms with E-state index in [4.69, 9.17) is 130 Å². The van der Waals surface area contributed by atoms with Gasteiger partial charge in [-0.1, -0.05) is 116 Å². The van der Waals surface area contributed by atoms with Crippen molar-refractivity contribution < 1.29 is 14.2 Å². The first kappa shape index (κ1) is 29.4. The number of H-pyrrole nitrogens is 1. The zero-order valence-electron chi connectivity index (χ0n) is 15.4. The summed E-state index contributed by atoms with van der Waals surface area (Å²) in [6.45, 7) is 0. The topological polar surface area (TPSA) is 73.4 Å². The maximum Gasteiger partial charge on any atom is 0.236 e. The Morgan fingerprint density at radius 3 is 1.68 bits per heavy atom. The lowest BCUT2D eigenvalue weighted by molar-refractivity contribution is 0.381. The van der Waals surface area contributed by atoms with E-state index in [1.54, 1.807) is 0 Å². The molecule has 174 valence electrons. The first-order chi connectivity index (χ1) is 14.1. The Kier molecular flexibility index (Phi) is 11.1. The molecule has 0 bridgehead atoms. The molecule has 0 unspecified atom stereocenters. The number of nitrogens with one attached hydrogen (secondary N) is 1. The van der Waals surface area contributed by atoms with E-state index in [1.165, 1.54) is 21.3 Å². The highest BCUT2D eigenvalue weighted by Crippen LogP contribution is 2.48. The second-order valence-electron chi connectivity index (χ2n) is 5.12. The van der Waals surface area contributed by atoms with Crippen molar-refractivity contribution in [2.24, 2.45) is 0 Å². The average Bonchev–Trinajstić information content (AvgIpc) is 2.65. The standard InChI is InChI=1S/C8H6Cl5NO2.C7H4Cl5NO2/c1-15-5-3(9)6(8(11,12)13)14-7(16-2)4(5)10;1-15-6-3(9)4(14)2(8)5(13-6)7(10,11)12/h1-2H3;1H3,(H,13,14). The maximum absolute atomic E-state index is 11.5. The van der Waals surface area contributed by atoms with Crippen molar-refractivity contribution in [3.63, 3.8) is 0 Å². The van der Waals surface area contributed by atoms with Crippen LogP contribution in [0.25, 0.3) is 0 Å². The fraction of sp³-hybridized carbons (Fsp3) is 0.333. The van der Waals surface area contributed by atoms with Gasteiger partial charge in [0, 0.05) is 0 Å². The fourth-order valence-electron chi connectivity index (χ4n) is 1.88. The molecule has 2 aromatic heterocycles. The van der Waals surface area contributed by atoms with E-state index in [-0.39, 0.29) is 49.0 Å². The number of hydrogen-bond donors (Lipinski definition) is 1. The van der Waals surface area contributed by atoms with Crippen LogP contribution in [0.15, 0.2) is 4.79 Å². The Bertz CT molecular complexity index is 1000. The maximum atomic E-state index is 11.5. The number of aromatic amines is 1. The number of alkyl halides is 6. The minimum absolute atomic E-state index is 0.00253. The molecule has 0 atom stereocenters. The summed E-state index contributed by atoms with van der Waals surface area (Å²) < 4.78 is 11.1. The molecule has 0 amide bonds. The molecule has 0 spiro atoms. The van der Waals surface area contributed by atoms with Gasteiger partial charge in [0.05, 0.1) is 27.0 Å². The SMILES string of the molecule is COc1[nH]c(C(Cl)(Cl)Cl)c(Cl)c(=O)c1Cl.COc1nc(C(Cl)(Cl)Cl)c(Cl)c(OC)c1Cl.